The van der Waals surface area contributed by atoms with Gasteiger partial charge in [0.25, 0.3) is 0 Å². The summed E-state index contributed by atoms with van der Waals surface area (Å²) in [4.78, 5) is 11.9. The molecule has 1 aliphatic carbocycles. The van der Waals surface area contributed by atoms with E-state index >= 15 is 0 Å². The molecule has 0 aromatic heterocycles. The zero-order valence-corrected chi connectivity index (χ0v) is 11.9. The van der Waals surface area contributed by atoms with Crippen molar-refractivity contribution < 1.29 is 9.53 Å². The number of hydrogen-bond acceptors (Lipinski definition) is 2. The molecule has 3 nitrogen and oxygen atoms in total. The molecule has 4 heteroatoms. The number of rotatable bonds is 4. The predicted molar refractivity (Wildman–Crippen MR) is 75.8 cm³/mol. The first-order valence-corrected chi connectivity index (χ1v) is 6.78. The first-order valence-electron chi connectivity index (χ1n) is 5.99. The fourth-order valence-electron chi connectivity index (χ4n) is 2.03. The number of benzene rings is 1. The number of methoxy groups -OCH3 is 1. The number of hydrogen-bond donors (Lipinski definition) is 1. The quantitative estimate of drug-likeness (QED) is 0.860. The van der Waals surface area contributed by atoms with E-state index in [9.17, 15) is 4.79 Å². The molecule has 1 aromatic rings. The van der Waals surface area contributed by atoms with Crippen LogP contribution in [0.5, 0.6) is 5.75 Å². The molecule has 1 aromatic carbocycles. The Balaban J connectivity index is 1.99. The molecular formula is C14H16BrNO2. The second-order valence-electron chi connectivity index (χ2n) is 4.36. The van der Waals surface area contributed by atoms with Gasteiger partial charge in [0, 0.05) is 17.0 Å². The van der Waals surface area contributed by atoms with Crippen molar-refractivity contribution >= 4 is 27.5 Å². The van der Waals surface area contributed by atoms with E-state index in [1.807, 2.05) is 18.2 Å². The van der Waals surface area contributed by atoms with E-state index in [1.165, 1.54) is 0 Å². The lowest BCUT2D eigenvalue weighted by Gasteiger charge is -2.11. The number of allylic oxidation sites excluding steroid dienone is 2. The molecule has 0 saturated carbocycles. The van der Waals surface area contributed by atoms with Crippen LogP contribution >= 0.6 is 15.9 Å². The number of carbonyl (C=O) groups is 1. The maximum Gasteiger partial charge on any atom is 0.224 e. The van der Waals surface area contributed by atoms with E-state index in [0.29, 0.717) is 12.3 Å². The molecular weight excluding hydrogens is 294 g/mol. The van der Waals surface area contributed by atoms with E-state index in [2.05, 4.69) is 33.4 Å². The van der Waals surface area contributed by atoms with E-state index < -0.39 is 0 Å². The van der Waals surface area contributed by atoms with Crippen LogP contribution in [0.4, 0.5) is 5.69 Å². The van der Waals surface area contributed by atoms with Gasteiger partial charge in [-0.05, 0) is 46.8 Å². The largest absolute Gasteiger partial charge is 0.497 e. The molecule has 1 aliphatic rings. The summed E-state index contributed by atoms with van der Waals surface area (Å²) < 4.78 is 6.00. The van der Waals surface area contributed by atoms with Crippen LogP contribution in [0.1, 0.15) is 19.3 Å². The second kappa shape index (κ2) is 6.05. The first-order chi connectivity index (χ1) is 8.69. The topological polar surface area (TPSA) is 38.3 Å². The van der Waals surface area contributed by atoms with Gasteiger partial charge in [-0.2, -0.15) is 0 Å². The lowest BCUT2D eigenvalue weighted by molar-refractivity contribution is -0.116. The van der Waals surface area contributed by atoms with Gasteiger partial charge in [-0.25, -0.2) is 0 Å². The lowest BCUT2D eigenvalue weighted by atomic mass is 10.1. The molecule has 0 heterocycles. The van der Waals surface area contributed by atoms with Crippen molar-refractivity contribution in [1.82, 2.24) is 0 Å². The van der Waals surface area contributed by atoms with Crippen LogP contribution in [0.2, 0.25) is 0 Å². The third-order valence-electron chi connectivity index (χ3n) is 3.01. The van der Waals surface area contributed by atoms with E-state index in [-0.39, 0.29) is 5.91 Å². The van der Waals surface area contributed by atoms with Gasteiger partial charge >= 0.3 is 0 Å². The van der Waals surface area contributed by atoms with Gasteiger partial charge in [0.2, 0.25) is 5.91 Å². The number of amides is 1. The van der Waals surface area contributed by atoms with Gasteiger partial charge in [-0.15, -0.1) is 0 Å². The molecule has 0 spiro atoms. The highest BCUT2D eigenvalue weighted by Gasteiger charge is 2.15. The van der Waals surface area contributed by atoms with Crippen molar-refractivity contribution in [2.75, 3.05) is 12.4 Å². The summed E-state index contributed by atoms with van der Waals surface area (Å²) in [6, 6.07) is 5.52. The summed E-state index contributed by atoms with van der Waals surface area (Å²) in [5.41, 5.74) is 0.751. The molecule has 0 fully saturated rings. The van der Waals surface area contributed by atoms with Gasteiger partial charge in [-0.1, -0.05) is 12.2 Å². The minimum absolute atomic E-state index is 0.0421. The summed E-state index contributed by atoms with van der Waals surface area (Å²) in [5, 5.41) is 2.91. The van der Waals surface area contributed by atoms with E-state index in [0.717, 1.165) is 28.8 Å². The van der Waals surface area contributed by atoms with Crippen molar-refractivity contribution in [2.24, 2.45) is 5.92 Å². The maximum atomic E-state index is 11.9. The Labute approximate surface area is 115 Å². The van der Waals surface area contributed by atoms with Crippen molar-refractivity contribution in [3.63, 3.8) is 0 Å². The van der Waals surface area contributed by atoms with E-state index in [4.69, 9.17) is 4.74 Å². The van der Waals surface area contributed by atoms with Crippen LogP contribution in [0.15, 0.2) is 34.8 Å². The van der Waals surface area contributed by atoms with Crippen molar-refractivity contribution in [3.8, 4) is 5.75 Å². The molecule has 1 amide bonds. The Kier molecular flexibility index (Phi) is 4.42. The third kappa shape index (κ3) is 3.35. The summed E-state index contributed by atoms with van der Waals surface area (Å²) in [7, 11) is 1.61. The smallest absolute Gasteiger partial charge is 0.224 e. The van der Waals surface area contributed by atoms with Crippen molar-refractivity contribution in [1.29, 1.82) is 0 Å². The zero-order valence-electron chi connectivity index (χ0n) is 10.3. The number of nitrogens with one attached hydrogen (secondary N) is 1. The Morgan fingerprint density at radius 2 is 2.39 bits per heavy atom. The third-order valence-corrected chi connectivity index (χ3v) is 3.70. The highest BCUT2D eigenvalue weighted by molar-refractivity contribution is 9.10. The predicted octanol–water partition coefficient (Wildman–Crippen LogP) is 3.75. The Morgan fingerprint density at radius 3 is 3.06 bits per heavy atom. The average Bonchev–Trinajstić information content (AvgIpc) is 2.84. The molecule has 1 N–H and O–H groups in total. The fraction of sp³-hybridized carbons (Fsp3) is 0.357. The molecule has 18 heavy (non-hydrogen) atoms. The molecule has 96 valence electrons. The minimum atomic E-state index is 0.0421. The number of halogens is 1. The molecule has 0 bridgehead atoms. The number of ether oxygens (including phenoxy) is 1. The molecule has 2 rings (SSSR count). The van der Waals surface area contributed by atoms with Crippen LogP contribution in [-0.2, 0) is 4.79 Å². The van der Waals surface area contributed by atoms with Crippen molar-refractivity contribution in [2.45, 2.75) is 19.3 Å². The zero-order chi connectivity index (χ0) is 13.0. The number of carbonyl (C=O) groups excluding carboxylic acids is 1. The highest BCUT2D eigenvalue weighted by Crippen LogP contribution is 2.28. The summed E-state index contributed by atoms with van der Waals surface area (Å²) >= 11 is 3.42. The Morgan fingerprint density at radius 1 is 1.56 bits per heavy atom. The number of anilines is 1. The van der Waals surface area contributed by atoms with Gasteiger partial charge in [0.05, 0.1) is 12.8 Å². The fourth-order valence-corrected chi connectivity index (χ4v) is 2.38. The lowest BCUT2D eigenvalue weighted by Crippen LogP contribution is -2.15. The Hall–Kier alpha value is -1.29. The first kappa shape index (κ1) is 13.1. The molecule has 0 radical (unpaired) electrons. The summed E-state index contributed by atoms with van der Waals surface area (Å²) in [6.07, 6.45) is 6.97. The van der Waals surface area contributed by atoms with Crippen LogP contribution in [0.3, 0.4) is 0 Å². The van der Waals surface area contributed by atoms with Gasteiger partial charge in [0.1, 0.15) is 5.75 Å². The molecule has 1 atom stereocenters. The SMILES string of the molecule is COc1ccc(Br)c(NC(=O)CC2C=CCC2)c1. The molecule has 0 saturated heterocycles. The van der Waals surface area contributed by atoms with Crippen LogP contribution < -0.4 is 10.1 Å². The van der Waals surface area contributed by atoms with Crippen LogP contribution in [0, 0.1) is 5.92 Å². The van der Waals surface area contributed by atoms with Gasteiger partial charge < -0.3 is 10.1 Å². The minimum Gasteiger partial charge on any atom is -0.497 e. The monoisotopic (exact) mass is 309 g/mol. The Bertz CT molecular complexity index is 471. The molecule has 1 unspecified atom stereocenters. The van der Waals surface area contributed by atoms with Gasteiger partial charge in [-0.3, -0.25) is 4.79 Å². The van der Waals surface area contributed by atoms with E-state index in [1.54, 1.807) is 7.11 Å². The highest BCUT2D eigenvalue weighted by atomic mass is 79.9. The standard InChI is InChI=1S/C14H16BrNO2/c1-18-11-6-7-12(15)13(9-11)16-14(17)8-10-4-2-3-5-10/h2,4,6-7,9-10H,3,5,8H2,1H3,(H,16,17). The normalized spacial score (nSPS) is 17.8. The molecule has 0 aliphatic heterocycles. The maximum absolute atomic E-state index is 11.9. The van der Waals surface area contributed by atoms with Gasteiger partial charge in [0.15, 0.2) is 0 Å². The van der Waals surface area contributed by atoms with Crippen LogP contribution in [-0.4, -0.2) is 13.0 Å². The summed E-state index contributed by atoms with van der Waals surface area (Å²) in [6.45, 7) is 0. The van der Waals surface area contributed by atoms with Crippen LogP contribution in [0.25, 0.3) is 0 Å². The second-order valence-corrected chi connectivity index (χ2v) is 5.22. The van der Waals surface area contributed by atoms with Crippen molar-refractivity contribution in [3.05, 3.63) is 34.8 Å². The average molecular weight is 310 g/mol. The summed E-state index contributed by atoms with van der Waals surface area (Å²) in [5.74, 6) is 1.16.